The molecule has 0 amide bonds. The summed E-state index contributed by atoms with van der Waals surface area (Å²) in [6.07, 6.45) is 2.88. The molecule has 1 saturated heterocycles. The Kier molecular flexibility index (Phi) is 2.82. The largest absolute Gasteiger partial charge is 0.378 e. The standard InChI is InChI=1S/C11H21NO2/c1-4-13-10-5-11(6-10)7-12-8(2)9(3)14-11/h8-10,12H,4-7H2,1-3H3. The van der Waals surface area contributed by atoms with Gasteiger partial charge in [0.1, 0.15) is 0 Å². The molecule has 0 aromatic carbocycles. The fraction of sp³-hybridized carbons (Fsp3) is 1.00. The number of hydrogen-bond acceptors (Lipinski definition) is 3. The average Bonchev–Trinajstić information content (AvgIpc) is 2.09. The summed E-state index contributed by atoms with van der Waals surface area (Å²) in [6.45, 7) is 8.18. The van der Waals surface area contributed by atoms with Crippen molar-refractivity contribution >= 4 is 0 Å². The quantitative estimate of drug-likeness (QED) is 0.727. The summed E-state index contributed by atoms with van der Waals surface area (Å²) >= 11 is 0. The van der Waals surface area contributed by atoms with E-state index in [-0.39, 0.29) is 5.60 Å². The summed E-state index contributed by atoms with van der Waals surface area (Å²) in [5.41, 5.74) is 0.0891. The van der Waals surface area contributed by atoms with E-state index >= 15 is 0 Å². The molecule has 2 fully saturated rings. The lowest BCUT2D eigenvalue weighted by molar-refractivity contribution is -0.211. The number of hydrogen-bond donors (Lipinski definition) is 1. The van der Waals surface area contributed by atoms with Crippen molar-refractivity contribution in [3.63, 3.8) is 0 Å². The summed E-state index contributed by atoms with van der Waals surface area (Å²) in [5.74, 6) is 0. The Labute approximate surface area is 86.2 Å². The second-order valence-corrected chi connectivity index (χ2v) is 4.66. The summed E-state index contributed by atoms with van der Waals surface area (Å²) in [6, 6.07) is 0.478. The summed E-state index contributed by atoms with van der Waals surface area (Å²) in [4.78, 5) is 0. The molecule has 1 spiro atoms. The molecular weight excluding hydrogens is 178 g/mol. The number of rotatable bonds is 2. The van der Waals surface area contributed by atoms with Gasteiger partial charge < -0.3 is 14.8 Å². The van der Waals surface area contributed by atoms with Crippen molar-refractivity contribution in [2.45, 2.75) is 57.5 Å². The maximum absolute atomic E-state index is 6.06. The third-order valence-corrected chi connectivity index (χ3v) is 3.49. The Balaban J connectivity index is 1.83. The topological polar surface area (TPSA) is 30.5 Å². The first-order chi connectivity index (χ1) is 6.65. The Morgan fingerprint density at radius 2 is 2.14 bits per heavy atom. The van der Waals surface area contributed by atoms with Gasteiger partial charge in [-0.2, -0.15) is 0 Å². The fourth-order valence-electron chi connectivity index (χ4n) is 2.42. The number of morpholine rings is 1. The normalized spacial score (nSPS) is 47.8. The molecule has 0 bridgehead atoms. The molecule has 1 heterocycles. The van der Waals surface area contributed by atoms with Gasteiger partial charge in [-0.3, -0.25) is 0 Å². The molecule has 2 aliphatic rings. The van der Waals surface area contributed by atoms with Crippen molar-refractivity contribution in [2.24, 2.45) is 0 Å². The van der Waals surface area contributed by atoms with Crippen molar-refractivity contribution in [1.82, 2.24) is 5.32 Å². The van der Waals surface area contributed by atoms with Gasteiger partial charge in [-0.1, -0.05) is 0 Å². The van der Waals surface area contributed by atoms with Gasteiger partial charge in [0.15, 0.2) is 0 Å². The van der Waals surface area contributed by atoms with E-state index in [2.05, 4.69) is 26.1 Å². The highest BCUT2D eigenvalue weighted by atomic mass is 16.5. The van der Waals surface area contributed by atoms with Gasteiger partial charge in [0.2, 0.25) is 0 Å². The molecule has 2 atom stereocenters. The molecule has 1 saturated carbocycles. The summed E-state index contributed by atoms with van der Waals surface area (Å²) < 4.78 is 11.6. The van der Waals surface area contributed by atoms with Crippen molar-refractivity contribution < 1.29 is 9.47 Å². The zero-order valence-corrected chi connectivity index (χ0v) is 9.38. The zero-order chi connectivity index (χ0) is 10.2. The lowest BCUT2D eigenvalue weighted by Crippen LogP contribution is -2.64. The van der Waals surface area contributed by atoms with Crippen LogP contribution in [-0.2, 0) is 9.47 Å². The lowest BCUT2D eigenvalue weighted by Gasteiger charge is -2.52. The SMILES string of the molecule is CCOC1CC2(CNC(C)C(C)O2)C1. The van der Waals surface area contributed by atoms with Crippen LogP contribution in [0.3, 0.4) is 0 Å². The van der Waals surface area contributed by atoms with E-state index < -0.39 is 0 Å². The van der Waals surface area contributed by atoms with Gasteiger partial charge in [0, 0.05) is 32.0 Å². The molecule has 1 aliphatic carbocycles. The van der Waals surface area contributed by atoms with Crippen molar-refractivity contribution in [3.05, 3.63) is 0 Å². The highest BCUT2D eigenvalue weighted by Crippen LogP contribution is 2.40. The van der Waals surface area contributed by atoms with Crippen LogP contribution in [0.5, 0.6) is 0 Å². The van der Waals surface area contributed by atoms with Crippen LogP contribution < -0.4 is 5.32 Å². The minimum Gasteiger partial charge on any atom is -0.378 e. The first-order valence-electron chi connectivity index (χ1n) is 5.68. The molecule has 1 aliphatic heterocycles. The van der Waals surface area contributed by atoms with Gasteiger partial charge in [-0.05, 0) is 20.8 Å². The van der Waals surface area contributed by atoms with Gasteiger partial charge >= 0.3 is 0 Å². The molecule has 82 valence electrons. The van der Waals surface area contributed by atoms with E-state index in [4.69, 9.17) is 9.47 Å². The number of nitrogens with one attached hydrogen (secondary N) is 1. The van der Waals surface area contributed by atoms with E-state index in [1.807, 2.05) is 0 Å². The lowest BCUT2D eigenvalue weighted by atomic mass is 9.75. The second-order valence-electron chi connectivity index (χ2n) is 4.66. The van der Waals surface area contributed by atoms with E-state index in [0.29, 0.717) is 18.2 Å². The number of ether oxygens (including phenoxy) is 2. The van der Waals surface area contributed by atoms with E-state index in [1.54, 1.807) is 0 Å². The fourth-order valence-corrected chi connectivity index (χ4v) is 2.42. The molecule has 0 aromatic heterocycles. The molecule has 3 heteroatoms. The van der Waals surface area contributed by atoms with Crippen LogP contribution >= 0.6 is 0 Å². The minimum absolute atomic E-state index is 0.0891. The average molecular weight is 199 g/mol. The molecule has 1 N–H and O–H groups in total. The van der Waals surface area contributed by atoms with Gasteiger partial charge in [0.05, 0.1) is 17.8 Å². The highest BCUT2D eigenvalue weighted by Gasteiger charge is 2.49. The maximum Gasteiger partial charge on any atom is 0.0860 e. The van der Waals surface area contributed by atoms with Crippen LogP contribution in [0.1, 0.15) is 33.6 Å². The predicted octanol–water partition coefficient (Wildman–Crippen LogP) is 1.32. The summed E-state index contributed by atoms with van der Waals surface area (Å²) in [7, 11) is 0. The van der Waals surface area contributed by atoms with Crippen LogP contribution in [0, 0.1) is 0 Å². The van der Waals surface area contributed by atoms with Gasteiger partial charge in [-0.15, -0.1) is 0 Å². The molecular formula is C11H21NO2. The molecule has 3 nitrogen and oxygen atoms in total. The third-order valence-electron chi connectivity index (χ3n) is 3.49. The Hall–Kier alpha value is -0.120. The van der Waals surface area contributed by atoms with Crippen molar-refractivity contribution in [2.75, 3.05) is 13.2 Å². The summed E-state index contributed by atoms with van der Waals surface area (Å²) in [5, 5.41) is 3.51. The molecule has 2 rings (SSSR count). The maximum atomic E-state index is 6.06. The monoisotopic (exact) mass is 199 g/mol. The molecule has 0 radical (unpaired) electrons. The van der Waals surface area contributed by atoms with Gasteiger partial charge in [-0.25, -0.2) is 0 Å². The Bertz CT molecular complexity index is 201. The third kappa shape index (κ3) is 1.81. The van der Waals surface area contributed by atoms with Crippen LogP contribution in [-0.4, -0.2) is 37.0 Å². The molecule has 0 aromatic rings. The predicted molar refractivity (Wildman–Crippen MR) is 55.4 cm³/mol. The minimum atomic E-state index is 0.0891. The molecule has 14 heavy (non-hydrogen) atoms. The Morgan fingerprint density at radius 1 is 1.43 bits per heavy atom. The van der Waals surface area contributed by atoms with Crippen molar-refractivity contribution in [3.8, 4) is 0 Å². The first kappa shape index (κ1) is 10.4. The van der Waals surface area contributed by atoms with Crippen molar-refractivity contribution in [1.29, 1.82) is 0 Å². The van der Waals surface area contributed by atoms with E-state index in [9.17, 15) is 0 Å². The smallest absolute Gasteiger partial charge is 0.0860 e. The van der Waals surface area contributed by atoms with Crippen LogP contribution in [0.4, 0.5) is 0 Å². The highest BCUT2D eigenvalue weighted by molar-refractivity contribution is 5.02. The Morgan fingerprint density at radius 3 is 2.71 bits per heavy atom. The van der Waals surface area contributed by atoms with Gasteiger partial charge in [0.25, 0.3) is 0 Å². The first-order valence-corrected chi connectivity index (χ1v) is 5.68. The van der Waals surface area contributed by atoms with E-state index in [0.717, 1.165) is 26.0 Å². The zero-order valence-electron chi connectivity index (χ0n) is 9.38. The molecule has 2 unspecified atom stereocenters. The van der Waals surface area contributed by atoms with E-state index in [1.165, 1.54) is 0 Å². The van der Waals surface area contributed by atoms with Crippen LogP contribution in [0.25, 0.3) is 0 Å². The second kappa shape index (κ2) is 3.80. The van der Waals surface area contributed by atoms with Crippen LogP contribution in [0.15, 0.2) is 0 Å². The van der Waals surface area contributed by atoms with Crippen LogP contribution in [0.2, 0.25) is 0 Å².